The van der Waals surface area contributed by atoms with E-state index in [2.05, 4.69) is 209 Å². The summed E-state index contributed by atoms with van der Waals surface area (Å²) in [6.45, 7) is -2.46. The quantitative estimate of drug-likeness (QED) is 0.118. The summed E-state index contributed by atoms with van der Waals surface area (Å²) >= 11 is 0. The molecule has 0 N–H and O–H groups in total. The summed E-state index contributed by atoms with van der Waals surface area (Å²) in [5.41, 5.74) is 8.01. The van der Waals surface area contributed by atoms with Crippen LogP contribution in [0.3, 0.4) is 0 Å². The predicted molar refractivity (Wildman–Crippen MR) is 253 cm³/mol. The summed E-state index contributed by atoms with van der Waals surface area (Å²) in [6, 6.07) is 77.7. The van der Waals surface area contributed by atoms with Crippen LogP contribution in [0.15, 0.2) is 218 Å². The summed E-state index contributed by atoms with van der Waals surface area (Å²) < 4.78 is 33.9. The van der Waals surface area contributed by atoms with Crippen molar-refractivity contribution in [2.24, 2.45) is 6.98 Å². The van der Waals surface area contributed by atoms with Crippen molar-refractivity contribution in [1.82, 2.24) is 13.7 Å². The van der Waals surface area contributed by atoms with Gasteiger partial charge in [-0.25, -0.2) is 0 Å². The Balaban J connectivity index is 1.24. The molecular weight excluding hydrogens is 731 g/mol. The first kappa shape index (κ1) is 30.7. The van der Waals surface area contributed by atoms with E-state index in [0.717, 1.165) is 54.7 Å². The number of fused-ring (bicyclic) bond motifs is 9. The summed E-state index contributed by atoms with van der Waals surface area (Å²) in [5.74, 6) is 0. The maximum atomic E-state index is 9.16. The SMILES string of the molecule is [2H]C([2H])([2H])n1c2ccccc2c2cc(-n3c4ccccc4c4cc(-n5c6ccccc6c6ccccc65)ccc43)cc([Si](c3ccccc3)(c3ccccc3)c3ccccc3)c21. The molecule has 12 rings (SSSR count). The van der Waals surface area contributed by atoms with Crippen LogP contribution in [0.4, 0.5) is 0 Å². The Morgan fingerprint density at radius 2 is 0.729 bits per heavy atom. The van der Waals surface area contributed by atoms with Gasteiger partial charge >= 0.3 is 0 Å². The molecule has 0 radical (unpaired) electrons. The molecule has 3 heterocycles. The van der Waals surface area contributed by atoms with E-state index in [1.165, 1.54) is 37.4 Å². The molecule has 3 aromatic heterocycles. The monoisotopic (exact) mass is 772 g/mol. The minimum atomic E-state index is -3.30. The minimum Gasteiger partial charge on any atom is -0.344 e. The van der Waals surface area contributed by atoms with Crippen molar-refractivity contribution in [3.05, 3.63) is 218 Å². The van der Waals surface area contributed by atoms with E-state index in [1.807, 2.05) is 18.2 Å². The van der Waals surface area contributed by atoms with Gasteiger partial charge in [-0.05, 0) is 75.3 Å². The first-order chi connectivity index (χ1) is 30.4. The fourth-order valence-electron chi connectivity index (χ4n) is 10.1. The summed E-state index contributed by atoms with van der Waals surface area (Å²) in [7, 11) is -3.30. The van der Waals surface area contributed by atoms with E-state index < -0.39 is 15.0 Å². The standard InChI is InChI=1S/C55H39N3Si/c1-56-49-29-15-11-28-46(49)48-36-39(37-54(55(48)56)59(40-19-5-2-6-20-40,41-21-7-3-8-22-41)42-23-9-4-10-24-42)58-52-32-18-14-27-45(52)47-35-38(33-34-53(47)58)57-50-30-16-12-25-43(50)44-26-13-17-31-51(44)57/h2-37H,1H3/i1D3. The number of para-hydroxylation sites is 4. The second-order valence-corrected chi connectivity index (χ2v) is 19.3. The highest BCUT2D eigenvalue weighted by molar-refractivity contribution is 7.20. The van der Waals surface area contributed by atoms with E-state index >= 15 is 0 Å². The van der Waals surface area contributed by atoms with Crippen LogP contribution in [-0.2, 0) is 6.98 Å². The molecule has 59 heavy (non-hydrogen) atoms. The second kappa shape index (κ2) is 13.1. The predicted octanol–water partition coefficient (Wildman–Crippen LogP) is 10.9. The van der Waals surface area contributed by atoms with E-state index in [0.29, 0.717) is 5.52 Å². The summed E-state index contributed by atoms with van der Waals surface area (Å²) in [5, 5.41) is 11.1. The fourth-order valence-corrected chi connectivity index (χ4v) is 15.1. The van der Waals surface area contributed by atoms with E-state index in [4.69, 9.17) is 4.11 Å². The number of rotatable bonds is 6. The van der Waals surface area contributed by atoms with Crippen molar-refractivity contribution in [3.8, 4) is 11.4 Å². The smallest absolute Gasteiger partial charge is 0.181 e. The van der Waals surface area contributed by atoms with Gasteiger partial charge in [0.25, 0.3) is 0 Å². The third kappa shape index (κ3) is 4.81. The molecule has 0 unspecified atom stereocenters. The molecule has 12 aromatic rings. The number of aryl methyl sites for hydroxylation is 1. The Hall–Kier alpha value is -7.40. The average Bonchev–Trinajstić information content (AvgIpc) is 3.96. The molecule has 0 aliphatic heterocycles. The van der Waals surface area contributed by atoms with Gasteiger partial charge in [-0.3, -0.25) is 0 Å². The molecule has 3 nitrogen and oxygen atoms in total. The minimum absolute atomic E-state index is 0.691. The Kier molecular flexibility index (Phi) is 6.80. The van der Waals surface area contributed by atoms with Gasteiger partial charge in [0.05, 0.1) is 22.1 Å². The van der Waals surface area contributed by atoms with Crippen molar-refractivity contribution in [3.63, 3.8) is 0 Å². The van der Waals surface area contributed by atoms with Crippen LogP contribution >= 0.6 is 0 Å². The van der Waals surface area contributed by atoms with E-state index in [9.17, 15) is 0 Å². The molecule has 0 aliphatic rings. The van der Waals surface area contributed by atoms with Gasteiger partial charge in [0, 0.05) is 65.8 Å². The lowest BCUT2D eigenvalue weighted by atomic mass is 10.1. The fraction of sp³-hybridized carbons (Fsp3) is 0.0182. The molecule has 0 saturated heterocycles. The molecule has 9 aromatic carbocycles. The van der Waals surface area contributed by atoms with Crippen LogP contribution in [0.1, 0.15) is 4.11 Å². The van der Waals surface area contributed by atoms with Gasteiger partial charge in [0.2, 0.25) is 0 Å². The van der Waals surface area contributed by atoms with Gasteiger partial charge in [-0.15, -0.1) is 0 Å². The highest BCUT2D eigenvalue weighted by Crippen LogP contribution is 2.38. The molecule has 0 spiro atoms. The Bertz CT molecular complexity index is 3530. The second-order valence-electron chi connectivity index (χ2n) is 15.5. The van der Waals surface area contributed by atoms with Crippen LogP contribution in [-0.4, -0.2) is 21.8 Å². The zero-order chi connectivity index (χ0) is 41.6. The maximum Gasteiger partial charge on any atom is 0.181 e. The Labute approximate surface area is 347 Å². The van der Waals surface area contributed by atoms with Gasteiger partial charge in [-0.1, -0.05) is 164 Å². The van der Waals surface area contributed by atoms with Crippen LogP contribution in [0, 0.1) is 0 Å². The molecule has 0 atom stereocenters. The lowest BCUT2D eigenvalue weighted by molar-refractivity contribution is 1.02. The topological polar surface area (TPSA) is 14.8 Å². The van der Waals surface area contributed by atoms with Gasteiger partial charge < -0.3 is 13.7 Å². The Morgan fingerprint density at radius 1 is 0.339 bits per heavy atom. The molecule has 0 aliphatic carbocycles. The third-order valence-electron chi connectivity index (χ3n) is 12.5. The normalized spacial score (nSPS) is 13.1. The molecule has 0 amide bonds. The zero-order valence-electron chi connectivity index (χ0n) is 35.1. The van der Waals surface area contributed by atoms with E-state index in [-0.39, 0.29) is 0 Å². The van der Waals surface area contributed by atoms with Crippen LogP contribution in [0.25, 0.3) is 76.8 Å². The molecule has 0 bridgehead atoms. The first-order valence-corrected chi connectivity index (χ1v) is 22.2. The van der Waals surface area contributed by atoms with Crippen molar-refractivity contribution < 1.29 is 4.11 Å². The number of hydrogen-bond donors (Lipinski definition) is 0. The third-order valence-corrected chi connectivity index (χ3v) is 17.3. The van der Waals surface area contributed by atoms with Crippen molar-refractivity contribution in [2.75, 3.05) is 0 Å². The van der Waals surface area contributed by atoms with Crippen LogP contribution < -0.4 is 20.7 Å². The lowest BCUT2D eigenvalue weighted by Gasteiger charge is -2.35. The van der Waals surface area contributed by atoms with Gasteiger partial charge in [-0.2, -0.15) is 0 Å². The first-order valence-electron chi connectivity index (χ1n) is 21.7. The van der Waals surface area contributed by atoms with Crippen molar-refractivity contribution in [2.45, 2.75) is 0 Å². The number of nitrogens with zero attached hydrogens (tertiary/aromatic N) is 3. The highest BCUT2D eigenvalue weighted by Gasteiger charge is 2.43. The molecule has 4 heteroatoms. The average molecular weight is 773 g/mol. The molecular formula is C55H39N3Si. The van der Waals surface area contributed by atoms with Gasteiger partial charge in [0.15, 0.2) is 8.07 Å². The van der Waals surface area contributed by atoms with Crippen molar-refractivity contribution in [1.29, 1.82) is 0 Å². The molecule has 0 saturated carbocycles. The van der Waals surface area contributed by atoms with Crippen LogP contribution in [0.2, 0.25) is 0 Å². The number of benzene rings is 9. The largest absolute Gasteiger partial charge is 0.344 e. The summed E-state index contributed by atoms with van der Waals surface area (Å²) in [4.78, 5) is 0. The number of hydrogen-bond acceptors (Lipinski definition) is 0. The maximum absolute atomic E-state index is 9.16. The van der Waals surface area contributed by atoms with Crippen molar-refractivity contribution >= 4 is 94.2 Å². The Morgan fingerprint density at radius 3 is 1.24 bits per heavy atom. The van der Waals surface area contributed by atoms with E-state index in [1.54, 1.807) is 4.57 Å². The summed E-state index contributed by atoms with van der Waals surface area (Å²) in [6.07, 6.45) is 0. The highest BCUT2D eigenvalue weighted by atomic mass is 28.3. The lowest BCUT2D eigenvalue weighted by Crippen LogP contribution is -2.75. The van der Waals surface area contributed by atoms with Crippen LogP contribution in [0.5, 0.6) is 0 Å². The van der Waals surface area contributed by atoms with Gasteiger partial charge in [0.1, 0.15) is 0 Å². The molecule has 0 fully saturated rings. The number of aromatic nitrogens is 3. The molecule has 278 valence electrons. The zero-order valence-corrected chi connectivity index (χ0v) is 33.1.